The summed E-state index contributed by atoms with van der Waals surface area (Å²) >= 11 is 3.14. The zero-order chi connectivity index (χ0) is 23.8. The van der Waals surface area contributed by atoms with Crippen LogP contribution in [0.3, 0.4) is 0 Å². The van der Waals surface area contributed by atoms with Crippen LogP contribution in [0.5, 0.6) is 0 Å². The van der Waals surface area contributed by atoms with Gasteiger partial charge in [0.2, 0.25) is 0 Å². The Kier molecular flexibility index (Phi) is 5.60. The summed E-state index contributed by atoms with van der Waals surface area (Å²) in [6.45, 7) is 0. The number of aromatic nitrogens is 2. The molecule has 0 bridgehead atoms. The molecule has 5 aromatic rings. The largest absolute Gasteiger partial charge is 0.279 e. The fraction of sp³-hybridized carbons (Fsp3) is 0.0769. The molecule has 0 fully saturated rings. The highest BCUT2D eigenvalue weighted by Crippen LogP contribution is 2.42. The second kappa shape index (κ2) is 8.92. The molecule has 0 N–H and O–H groups in total. The predicted molar refractivity (Wildman–Crippen MR) is 141 cm³/mol. The molecule has 1 aliphatic rings. The standard InChI is InChI=1S/C26H20N4O2S3/c31-35(32,20-11-5-2-6-12-20)30-23(17-22(27-30)24-13-7-15-33-24)21-18-29(19-9-3-1-4-10-19)28-26(21)25-14-8-16-34-25/h1-16,18,23H,17H2/t23-/m1/s1. The molecule has 1 aliphatic heterocycles. The van der Waals surface area contributed by atoms with Gasteiger partial charge in [0.25, 0.3) is 10.0 Å². The summed E-state index contributed by atoms with van der Waals surface area (Å²) in [7, 11) is -3.88. The molecule has 2 aromatic carbocycles. The number of hydrazone groups is 1. The zero-order valence-electron chi connectivity index (χ0n) is 18.4. The molecular formula is C26H20N4O2S3. The van der Waals surface area contributed by atoms with E-state index < -0.39 is 16.1 Å². The van der Waals surface area contributed by atoms with Crippen LogP contribution in [-0.2, 0) is 10.0 Å². The van der Waals surface area contributed by atoms with E-state index in [0.717, 1.165) is 32.4 Å². The van der Waals surface area contributed by atoms with Crippen LogP contribution in [0, 0.1) is 0 Å². The maximum absolute atomic E-state index is 13.8. The second-order valence-corrected chi connectivity index (χ2v) is 11.7. The number of hydrogen-bond acceptors (Lipinski definition) is 6. The zero-order valence-corrected chi connectivity index (χ0v) is 20.9. The van der Waals surface area contributed by atoms with Crippen LogP contribution < -0.4 is 0 Å². The quantitative estimate of drug-likeness (QED) is 0.270. The van der Waals surface area contributed by atoms with Crippen LogP contribution in [0.15, 0.2) is 112 Å². The van der Waals surface area contributed by atoms with Crippen LogP contribution in [0.4, 0.5) is 0 Å². The van der Waals surface area contributed by atoms with Gasteiger partial charge in [-0.15, -0.1) is 22.7 Å². The van der Waals surface area contributed by atoms with Crippen molar-refractivity contribution >= 4 is 38.4 Å². The minimum absolute atomic E-state index is 0.217. The van der Waals surface area contributed by atoms with E-state index in [4.69, 9.17) is 5.10 Å². The molecule has 0 radical (unpaired) electrons. The maximum atomic E-state index is 13.8. The first kappa shape index (κ1) is 22.0. The Morgan fingerprint density at radius 1 is 0.800 bits per heavy atom. The number of thiophene rings is 2. The summed E-state index contributed by atoms with van der Waals surface area (Å²) in [4.78, 5) is 2.17. The summed E-state index contributed by atoms with van der Waals surface area (Å²) in [5.41, 5.74) is 3.26. The Hall–Kier alpha value is -3.53. The average molecular weight is 517 g/mol. The number of hydrogen-bond donors (Lipinski definition) is 0. The third-order valence-electron chi connectivity index (χ3n) is 5.84. The number of para-hydroxylation sites is 1. The monoisotopic (exact) mass is 516 g/mol. The lowest BCUT2D eigenvalue weighted by atomic mass is 10.0. The molecule has 3 aromatic heterocycles. The van der Waals surface area contributed by atoms with E-state index in [0.29, 0.717) is 6.42 Å². The van der Waals surface area contributed by atoms with Gasteiger partial charge in [-0.3, -0.25) is 0 Å². The van der Waals surface area contributed by atoms with E-state index in [1.54, 1.807) is 53.0 Å². The van der Waals surface area contributed by atoms with Crippen LogP contribution >= 0.6 is 22.7 Å². The predicted octanol–water partition coefficient (Wildman–Crippen LogP) is 6.20. The van der Waals surface area contributed by atoms with Gasteiger partial charge in [0.05, 0.1) is 32.1 Å². The van der Waals surface area contributed by atoms with Crippen LogP contribution in [0.25, 0.3) is 16.3 Å². The number of benzene rings is 2. The molecule has 174 valence electrons. The highest BCUT2D eigenvalue weighted by atomic mass is 32.2. The number of rotatable bonds is 6. The molecule has 0 amide bonds. The lowest BCUT2D eigenvalue weighted by molar-refractivity contribution is 0.372. The summed E-state index contributed by atoms with van der Waals surface area (Å²) in [6, 6.07) is 25.7. The molecule has 0 saturated heterocycles. The van der Waals surface area contributed by atoms with Crippen molar-refractivity contribution in [2.45, 2.75) is 17.4 Å². The molecule has 6 nitrogen and oxygen atoms in total. The third kappa shape index (κ3) is 4.01. The van der Waals surface area contributed by atoms with Crippen LogP contribution in [-0.4, -0.2) is 28.3 Å². The topological polar surface area (TPSA) is 67.6 Å². The Balaban J connectivity index is 1.52. The second-order valence-electron chi connectivity index (χ2n) is 8.03. The summed E-state index contributed by atoms with van der Waals surface area (Å²) < 4.78 is 30.7. The minimum atomic E-state index is -3.88. The SMILES string of the molecule is O=S(=O)(c1ccccc1)N1N=C(c2cccs2)C[C@@H]1c1cn(-c2ccccc2)nc1-c1cccs1. The van der Waals surface area contributed by atoms with Crippen molar-refractivity contribution in [3.63, 3.8) is 0 Å². The van der Waals surface area contributed by atoms with Gasteiger partial charge < -0.3 is 0 Å². The lowest BCUT2D eigenvalue weighted by Crippen LogP contribution is -2.27. The summed E-state index contributed by atoms with van der Waals surface area (Å²) in [6.07, 6.45) is 2.40. The van der Waals surface area contributed by atoms with Gasteiger partial charge in [0.1, 0.15) is 5.69 Å². The maximum Gasteiger partial charge on any atom is 0.279 e. The molecule has 9 heteroatoms. The Morgan fingerprint density at radius 2 is 1.46 bits per heavy atom. The highest BCUT2D eigenvalue weighted by Gasteiger charge is 2.40. The van der Waals surface area contributed by atoms with E-state index >= 15 is 0 Å². The fourth-order valence-corrected chi connectivity index (χ4v) is 7.08. The molecule has 0 spiro atoms. The third-order valence-corrected chi connectivity index (χ3v) is 9.33. The lowest BCUT2D eigenvalue weighted by Gasteiger charge is -2.23. The summed E-state index contributed by atoms with van der Waals surface area (Å²) in [5, 5.41) is 13.6. The minimum Gasteiger partial charge on any atom is -0.240 e. The van der Waals surface area contributed by atoms with Crippen molar-refractivity contribution in [3.05, 3.63) is 112 Å². The Bertz CT molecular complexity index is 1580. The van der Waals surface area contributed by atoms with E-state index in [9.17, 15) is 8.42 Å². The highest BCUT2D eigenvalue weighted by molar-refractivity contribution is 7.89. The molecular weight excluding hydrogens is 497 g/mol. The summed E-state index contributed by atoms with van der Waals surface area (Å²) in [5.74, 6) is 0. The molecule has 1 atom stereocenters. The molecule has 4 heterocycles. The van der Waals surface area contributed by atoms with E-state index in [-0.39, 0.29) is 4.90 Å². The van der Waals surface area contributed by atoms with Gasteiger partial charge in [-0.2, -0.15) is 23.0 Å². The normalized spacial score (nSPS) is 15.9. The van der Waals surface area contributed by atoms with E-state index in [1.165, 1.54) is 4.41 Å². The Labute approximate surface area is 211 Å². The van der Waals surface area contributed by atoms with Crippen molar-refractivity contribution < 1.29 is 8.42 Å². The first-order valence-electron chi connectivity index (χ1n) is 11.0. The fourth-order valence-electron chi connectivity index (χ4n) is 4.18. The first-order chi connectivity index (χ1) is 17.1. The van der Waals surface area contributed by atoms with Gasteiger partial charge in [-0.1, -0.05) is 48.5 Å². The van der Waals surface area contributed by atoms with Crippen molar-refractivity contribution in [3.8, 4) is 16.3 Å². The van der Waals surface area contributed by atoms with Crippen LogP contribution in [0.2, 0.25) is 0 Å². The van der Waals surface area contributed by atoms with Crippen molar-refractivity contribution in [1.82, 2.24) is 14.2 Å². The van der Waals surface area contributed by atoms with Crippen LogP contribution in [0.1, 0.15) is 22.9 Å². The number of nitrogens with zero attached hydrogens (tertiary/aromatic N) is 4. The van der Waals surface area contributed by atoms with E-state index in [2.05, 4.69) is 5.10 Å². The van der Waals surface area contributed by atoms with Crippen molar-refractivity contribution in [1.29, 1.82) is 0 Å². The van der Waals surface area contributed by atoms with E-state index in [1.807, 2.05) is 76.2 Å². The molecule has 0 unspecified atom stereocenters. The van der Waals surface area contributed by atoms with Gasteiger partial charge in [0, 0.05) is 18.2 Å². The van der Waals surface area contributed by atoms with Crippen molar-refractivity contribution in [2.75, 3.05) is 0 Å². The van der Waals surface area contributed by atoms with Gasteiger partial charge in [-0.05, 0) is 47.2 Å². The molecule has 0 saturated carbocycles. The molecule has 0 aliphatic carbocycles. The van der Waals surface area contributed by atoms with Crippen molar-refractivity contribution in [2.24, 2.45) is 5.10 Å². The molecule has 6 rings (SSSR count). The number of sulfonamides is 1. The van der Waals surface area contributed by atoms with Gasteiger partial charge in [-0.25, -0.2) is 4.68 Å². The van der Waals surface area contributed by atoms with Gasteiger partial charge in [0.15, 0.2) is 0 Å². The average Bonchev–Trinajstić information content (AvgIpc) is 3.70. The molecule has 35 heavy (non-hydrogen) atoms. The Morgan fingerprint density at radius 3 is 2.11 bits per heavy atom. The van der Waals surface area contributed by atoms with Gasteiger partial charge >= 0.3 is 0 Å². The smallest absolute Gasteiger partial charge is 0.240 e. The first-order valence-corrected chi connectivity index (χ1v) is 14.2.